The summed E-state index contributed by atoms with van der Waals surface area (Å²) < 4.78 is 9.71. The molecule has 0 N–H and O–H groups in total. The summed E-state index contributed by atoms with van der Waals surface area (Å²) in [4.78, 5) is 22.9. The van der Waals surface area contributed by atoms with Crippen molar-refractivity contribution < 1.29 is 19.1 Å². The van der Waals surface area contributed by atoms with Crippen molar-refractivity contribution in [3.05, 3.63) is 39.4 Å². The van der Waals surface area contributed by atoms with Crippen molar-refractivity contribution >= 4 is 40.9 Å². The van der Waals surface area contributed by atoms with Crippen LogP contribution in [0, 0.1) is 0 Å². The maximum Gasteiger partial charge on any atom is 0.344 e. The van der Waals surface area contributed by atoms with Gasteiger partial charge in [-0.15, -0.1) is 0 Å². The highest BCUT2D eigenvalue weighted by molar-refractivity contribution is 6.42. The third-order valence-corrected chi connectivity index (χ3v) is 3.01. The Hall–Kier alpha value is -1.52. The summed E-state index contributed by atoms with van der Waals surface area (Å²) in [7, 11) is 0. The summed E-state index contributed by atoms with van der Waals surface area (Å²) >= 11 is 11.7. The maximum atomic E-state index is 11.6. The second-order valence-corrected chi connectivity index (χ2v) is 4.28. The third-order valence-electron chi connectivity index (χ3n) is 2.28. The van der Waals surface area contributed by atoms with E-state index in [2.05, 4.69) is 0 Å². The first-order valence-corrected chi connectivity index (χ1v) is 5.88. The lowest BCUT2D eigenvalue weighted by Crippen LogP contribution is -2.01. The minimum Gasteiger partial charge on any atom is -0.463 e. The van der Waals surface area contributed by atoms with Crippen LogP contribution in [-0.4, -0.2) is 18.5 Å². The molecule has 0 unspecified atom stereocenters. The molecule has 94 valence electrons. The summed E-state index contributed by atoms with van der Waals surface area (Å²) in [6, 6.07) is 2.89. The fraction of sp³-hybridized carbons (Fsp3) is 0.167. The fourth-order valence-corrected chi connectivity index (χ4v) is 1.85. The van der Waals surface area contributed by atoms with Crippen molar-refractivity contribution in [3.63, 3.8) is 0 Å². The van der Waals surface area contributed by atoms with Gasteiger partial charge in [-0.1, -0.05) is 23.2 Å². The number of fused-ring (bicyclic) bond motifs is 1. The normalized spacial score (nSPS) is 15.5. The van der Waals surface area contributed by atoms with E-state index >= 15 is 0 Å². The standard InChI is InChI=1S/C12H8Cl2O4/c1-2-17-11(15)5-10-6-3-8(13)9(14)4-7(6)12(16)18-10/h3-5H,2H2,1H3/b10-5-. The molecule has 0 fully saturated rings. The van der Waals surface area contributed by atoms with E-state index in [1.807, 2.05) is 0 Å². The van der Waals surface area contributed by atoms with Crippen LogP contribution in [0.5, 0.6) is 0 Å². The molecule has 0 aromatic heterocycles. The predicted octanol–water partition coefficient (Wildman–Crippen LogP) is 3.07. The molecule has 4 nitrogen and oxygen atoms in total. The number of benzene rings is 1. The van der Waals surface area contributed by atoms with Crippen LogP contribution in [0.3, 0.4) is 0 Å². The summed E-state index contributed by atoms with van der Waals surface area (Å²) in [5.41, 5.74) is 0.711. The first-order valence-electron chi connectivity index (χ1n) is 5.13. The van der Waals surface area contributed by atoms with Crippen molar-refractivity contribution in [3.8, 4) is 0 Å². The number of hydrogen-bond donors (Lipinski definition) is 0. The zero-order valence-electron chi connectivity index (χ0n) is 9.33. The molecule has 0 saturated heterocycles. The van der Waals surface area contributed by atoms with Crippen LogP contribution in [0.4, 0.5) is 0 Å². The van der Waals surface area contributed by atoms with Gasteiger partial charge in [-0.3, -0.25) is 0 Å². The largest absolute Gasteiger partial charge is 0.463 e. The van der Waals surface area contributed by atoms with Gasteiger partial charge >= 0.3 is 11.9 Å². The molecule has 1 aromatic rings. The van der Waals surface area contributed by atoms with Crippen LogP contribution in [-0.2, 0) is 14.3 Å². The lowest BCUT2D eigenvalue weighted by Gasteiger charge is -2.00. The van der Waals surface area contributed by atoms with Crippen molar-refractivity contribution in [2.75, 3.05) is 6.61 Å². The molecule has 6 heteroatoms. The quantitative estimate of drug-likeness (QED) is 0.619. The van der Waals surface area contributed by atoms with Gasteiger partial charge in [-0.05, 0) is 19.1 Å². The lowest BCUT2D eigenvalue weighted by molar-refractivity contribution is -0.137. The molecular formula is C12H8Cl2O4. The number of rotatable bonds is 2. The second kappa shape index (κ2) is 5.00. The number of esters is 2. The molecule has 2 rings (SSSR count). The van der Waals surface area contributed by atoms with Gasteiger partial charge in [0.25, 0.3) is 0 Å². The van der Waals surface area contributed by atoms with E-state index in [9.17, 15) is 9.59 Å². The zero-order valence-corrected chi connectivity index (χ0v) is 10.8. The van der Waals surface area contributed by atoms with Crippen LogP contribution in [0.1, 0.15) is 22.8 Å². The molecule has 0 atom stereocenters. The van der Waals surface area contributed by atoms with Gasteiger partial charge < -0.3 is 9.47 Å². The van der Waals surface area contributed by atoms with Gasteiger partial charge in [0.1, 0.15) is 5.76 Å². The molecule has 18 heavy (non-hydrogen) atoms. The molecule has 0 aliphatic carbocycles. The number of carbonyl (C=O) groups is 2. The minimum absolute atomic E-state index is 0.118. The SMILES string of the molecule is CCOC(=O)/C=C1\OC(=O)c2cc(Cl)c(Cl)cc21. The Bertz CT molecular complexity index is 563. The number of carbonyl (C=O) groups excluding carboxylic acids is 2. The Labute approximate surface area is 113 Å². The molecule has 0 amide bonds. The second-order valence-electron chi connectivity index (χ2n) is 3.46. The first kappa shape index (κ1) is 12.9. The maximum absolute atomic E-state index is 11.6. The Kier molecular flexibility index (Phi) is 3.59. The Morgan fingerprint density at radius 2 is 1.94 bits per heavy atom. The first-order chi connectivity index (χ1) is 8.52. The Morgan fingerprint density at radius 3 is 2.56 bits per heavy atom. The van der Waals surface area contributed by atoms with Crippen LogP contribution in [0.15, 0.2) is 18.2 Å². The van der Waals surface area contributed by atoms with Crippen molar-refractivity contribution in [2.24, 2.45) is 0 Å². The molecule has 0 radical (unpaired) electrons. The highest BCUT2D eigenvalue weighted by atomic mass is 35.5. The van der Waals surface area contributed by atoms with E-state index in [-0.39, 0.29) is 28.0 Å². The van der Waals surface area contributed by atoms with E-state index in [0.29, 0.717) is 5.56 Å². The highest BCUT2D eigenvalue weighted by Gasteiger charge is 2.28. The van der Waals surface area contributed by atoms with Crippen molar-refractivity contribution in [2.45, 2.75) is 6.92 Å². The number of hydrogen-bond acceptors (Lipinski definition) is 4. The summed E-state index contributed by atoms with van der Waals surface area (Å²) in [6.45, 7) is 1.92. The van der Waals surface area contributed by atoms with E-state index < -0.39 is 11.9 Å². The molecule has 1 aromatic carbocycles. The minimum atomic E-state index is -0.584. The third kappa shape index (κ3) is 2.35. The molecule has 1 heterocycles. The van der Waals surface area contributed by atoms with E-state index in [0.717, 1.165) is 6.08 Å². The molecule has 0 saturated carbocycles. The van der Waals surface area contributed by atoms with Crippen molar-refractivity contribution in [1.82, 2.24) is 0 Å². The number of cyclic esters (lactones) is 1. The van der Waals surface area contributed by atoms with Crippen molar-refractivity contribution in [1.29, 1.82) is 0 Å². The number of halogens is 2. The van der Waals surface area contributed by atoms with Crippen LogP contribution >= 0.6 is 23.2 Å². The van der Waals surface area contributed by atoms with Crippen LogP contribution < -0.4 is 0 Å². The van der Waals surface area contributed by atoms with Gasteiger partial charge in [-0.25, -0.2) is 9.59 Å². The monoisotopic (exact) mass is 286 g/mol. The fourth-order valence-electron chi connectivity index (χ4n) is 1.53. The predicted molar refractivity (Wildman–Crippen MR) is 66.5 cm³/mol. The smallest absolute Gasteiger partial charge is 0.344 e. The summed E-state index contributed by atoms with van der Waals surface area (Å²) in [5.74, 6) is -1.04. The number of ether oxygens (including phenoxy) is 2. The van der Waals surface area contributed by atoms with E-state index in [4.69, 9.17) is 32.7 Å². The van der Waals surface area contributed by atoms with Gasteiger partial charge in [0.2, 0.25) is 0 Å². The van der Waals surface area contributed by atoms with Crippen LogP contribution in [0.2, 0.25) is 10.0 Å². The Morgan fingerprint density at radius 1 is 1.33 bits per heavy atom. The average Bonchev–Trinajstić information content (AvgIpc) is 2.57. The summed E-state index contributed by atoms with van der Waals surface area (Å²) in [6.07, 6.45) is 1.11. The highest BCUT2D eigenvalue weighted by Crippen LogP contribution is 2.35. The average molecular weight is 287 g/mol. The molecular weight excluding hydrogens is 279 g/mol. The Balaban J connectivity index is 2.44. The lowest BCUT2D eigenvalue weighted by atomic mass is 10.1. The van der Waals surface area contributed by atoms with Crippen LogP contribution in [0.25, 0.3) is 5.76 Å². The van der Waals surface area contributed by atoms with Gasteiger partial charge in [0.05, 0.1) is 28.3 Å². The van der Waals surface area contributed by atoms with E-state index in [1.54, 1.807) is 6.92 Å². The molecule has 0 spiro atoms. The topological polar surface area (TPSA) is 52.6 Å². The van der Waals surface area contributed by atoms with Gasteiger partial charge in [0, 0.05) is 5.56 Å². The van der Waals surface area contributed by atoms with E-state index in [1.165, 1.54) is 12.1 Å². The summed E-state index contributed by atoms with van der Waals surface area (Å²) in [5, 5.41) is 0.535. The molecule has 1 aliphatic heterocycles. The van der Waals surface area contributed by atoms with Gasteiger partial charge in [-0.2, -0.15) is 0 Å². The molecule has 0 bridgehead atoms. The molecule has 1 aliphatic rings. The van der Waals surface area contributed by atoms with Gasteiger partial charge in [0.15, 0.2) is 0 Å². The zero-order chi connectivity index (χ0) is 13.3.